The van der Waals surface area contributed by atoms with Gasteiger partial charge in [0.15, 0.2) is 0 Å². The van der Waals surface area contributed by atoms with Gasteiger partial charge >= 0.3 is 0 Å². The average molecular weight is 245 g/mol. The maximum Gasteiger partial charge on any atom is 0.0190 e. The van der Waals surface area contributed by atoms with E-state index >= 15 is 0 Å². The van der Waals surface area contributed by atoms with E-state index in [0.717, 1.165) is 17.9 Å². The lowest BCUT2D eigenvalue weighted by Crippen LogP contribution is -2.15. The zero-order chi connectivity index (χ0) is 12.1. The topological polar surface area (TPSA) is 26.0 Å². The van der Waals surface area contributed by atoms with Crippen LogP contribution >= 0.6 is 11.8 Å². The fraction of sp³-hybridized carbons (Fsp3) is 0.333. The van der Waals surface area contributed by atoms with Crippen LogP contribution in [0.2, 0.25) is 0 Å². The van der Waals surface area contributed by atoms with Gasteiger partial charge < -0.3 is 5.73 Å². The van der Waals surface area contributed by atoms with Gasteiger partial charge in [-0.05, 0) is 35.4 Å². The molecular formula is C15H19NS. The van der Waals surface area contributed by atoms with Crippen LogP contribution in [0.5, 0.6) is 0 Å². The molecule has 0 spiro atoms. The summed E-state index contributed by atoms with van der Waals surface area (Å²) >= 11 is 1.97. The summed E-state index contributed by atoms with van der Waals surface area (Å²) in [5.74, 6) is 2.22. The van der Waals surface area contributed by atoms with Gasteiger partial charge in [0, 0.05) is 11.8 Å². The van der Waals surface area contributed by atoms with E-state index in [9.17, 15) is 0 Å². The molecule has 1 unspecified atom stereocenters. The van der Waals surface area contributed by atoms with Crippen molar-refractivity contribution in [2.24, 2.45) is 5.73 Å². The van der Waals surface area contributed by atoms with E-state index in [1.807, 2.05) is 11.8 Å². The monoisotopic (exact) mass is 245 g/mol. The van der Waals surface area contributed by atoms with Crippen molar-refractivity contribution in [1.29, 1.82) is 0 Å². The van der Waals surface area contributed by atoms with E-state index in [2.05, 4.69) is 49.4 Å². The normalized spacial score (nSPS) is 12.8. The Hall–Kier alpha value is -0.990. The summed E-state index contributed by atoms with van der Waals surface area (Å²) in [4.78, 5) is 0. The summed E-state index contributed by atoms with van der Waals surface area (Å²) in [6.07, 6.45) is 1.09. The molecule has 2 aromatic rings. The Morgan fingerprint density at radius 2 is 1.88 bits per heavy atom. The van der Waals surface area contributed by atoms with Gasteiger partial charge in [-0.3, -0.25) is 0 Å². The molecule has 0 aliphatic heterocycles. The van der Waals surface area contributed by atoms with Crippen molar-refractivity contribution in [3.05, 3.63) is 48.0 Å². The lowest BCUT2D eigenvalue weighted by Gasteiger charge is -2.07. The Balaban J connectivity index is 2.03. The van der Waals surface area contributed by atoms with Gasteiger partial charge in [0.05, 0.1) is 0 Å². The second-order valence-corrected chi connectivity index (χ2v) is 5.56. The number of benzene rings is 2. The molecule has 0 aromatic heterocycles. The minimum absolute atomic E-state index is 0.315. The smallest absolute Gasteiger partial charge is 0.0190 e. The lowest BCUT2D eigenvalue weighted by molar-refractivity contribution is 0.721. The standard InChI is InChI=1S/C15H19NS/c1-12(16)9-10-17-11-14-7-4-6-13-5-2-3-8-15(13)14/h2-8,12H,9-11,16H2,1H3. The van der Waals surface area contributed by atoms with Gasteiger partial charge in [0.1, 0.15) is 0 Å². The van der Waals surface area contributed by atoms with Crippen LogP contribution in [-0.4, -0.2) is 11.8 Å². The molecule has 2 heteroatoms. The molecule has 0 aliphatic carbocycles. The molecule has 90 valence electrons. The van der Waals surface area contributed by atoms with E-state index in [1.165, 1.54) is 16.3 Å². The first-order valence-corrected chi connectivity index (χ1v) is 7.23. The van der Waals surface area contributed by atoms with Gasteiger partial charge in [-0.15, -0.1) is 0 Å². The molecule has 2 rings (SSSR count). The predicted octanol–water partition coefficient (Wildman–Crippen LogP) is 3.81. The minimum atomic E-state index is 0.315. The van der Waals surface area contributed by atoms with Crippen LogP contribution in [0.3, 0.4) is 0 Å². The van der Waals surface area contributed by atoms with Crippen molar-refractivity contribution < 1.29 is 0 Å². The SMILES string of the molecule is CC(N)CCSCc1cccc2ccccc12. The first kappa shape index (κ1) is 12.5. The molecule has 1 atom stereocenters. The largest absolute Gasteiger partial charge is 0.328 e. The summed E-state index contributed by atoms with van der Waals surface area (Å²) in [5.41, 5.74) is 7.18. The molecule has 0 aliphatic rings. The highest BCUT2D eigenvalue weighted by Crippen LogP contribution is 2.22. The molecule has 0 amide bonds. The highest BCUT2D eigenvalue weighted by atomic mass is 32.2. The summed E-state index contributed by atoms with van der Waals surface area (Å²) in [6, 6.07) is 15.4. The summed E-state index contributed by atoms with van der Waals surface area (Å²) < 4.78 is 0. The van der Waals surface area contributed by atoms with E-state index in [1.54, 1.807) is 0 Å². The van der Waals surface area contributed by atoms with Crippen molar-refractivity contribution in [3.8, 4) is 0 Å². The fourth-order valence-corrected chi connectivity index (χ4v) is 3.02. The van der Waals surface area contributed by atoms with Crippen LogP contribution < -0.4 is 5.73 Å². The predicted molar refractivity (Wildman–Crippen MR) is 78.4 cm³/mol. The van der Waals surface area contributed by atoms with E-state index in [4.69, 9.17) is 5.73 Å². The summed E-state index contributed by atoms with van der Waals surface area (Å²) in [6.45, 7) is 2.07. The Labute approximate surface area is 107 Å². The van der Waals surface area contributed by atoms with E-state index in [-0.39, 0.29) is 0 Å². The molecule has 17 heavy (non-hydrogen) atoms. The third-order valence-electron chi connectivity index (χ3n) is 2.86. The Kier molecular flexibility index (Phi) is 4.46. The molecule has 2 N–H and O–H groups in total. The first-order chi connectivity index (χ1) is 8.27. The van der Waals surface area contributed by atoms with Crippen LogP contribution in [0.25, 0.3) is 10.8 Å². The summed E-state index contributed by atoms with van der Waals surface area (Å²) in [5, 5.41) is 2.71. The Morgan fingerprint density at radius 3 is 2.71 bits per heavy atom. The maximum atomic E-state index is 5.75. The number of rotatable bonds is 5. The van der Waals surface area contributed by atoms with Gasteiger partial charge in [0.2, 0.25) is 0 Å². The van der Waals surface area contributed by atoms with Crippen molar-refractivity contribution in [1.82, 2.24) is 0 Å². The van der Waals surface area contributed by atoms with Gasteiger partial charge in [-0.25, -0.2) is 0 Å². The Bertz CT molecular complexity index is 474. The molecular weight excluding hydrogens is 226 g/mol. The molecule has 0 saturated carbocycles. The van der Waals surface area contributed by atoms with Crippen molar-refractivity contribution in [3.63, 3.8) is 0 Å². The minimum Gasteiger partial charge on any atom is -0.328 e. The van der Waals surface area contributed by atoms with Gasteiger partial charge in [-0.2, -0.15) is 11.8 Å². The molecule has 2 aromatic carbocycles. The third-order valence-corrected chi connectivity index (χ3v) is 3.89. The molecule has 0 heterocycles. The third kappa shape index (κ3) is 3.48. The van der Waals surface area contributed by atoms with Crippen LogP contribution in [0, 0.1) is 0 Å². The summed E-state index contributed by atoms with van der Waals surface area (Å²) in [7, 11) is 0. The molecule has 0 saturated heterocycles. The fourth-order valence-electron chi connectivity index (χ4n) is 1.87. The molecule has 0 fully saturated rings. The highest BCUT2D eigenvalue weighted by Gasteiger charge is 2.01. The second kappa shape index (κ2) is 6.08. The van der Waals surface area contributed by atoms with Gasteiger partial charge in [0.25, 0.3) is 0 Å². The van der Waals surface area contributed by atoms with E-state index in [0.29, 0.717) is 6.04 Å². The van der Waals surface area contributed by atoms with Crippen LogP contribution in [0.4, 0.5) is 0 Å². The molecule has 0 radical (unpaired) electrons. The van der Waals surface area contributed by atoms with Crippen molar-refractivity contribution in [2.45, 2.75) is 25.1 Å². The van der Waals surface area contributed by atoms with Crippen LogP contribution in [0.1, 0.15) is 18.9 Å². The molecule has 1 nitrogen and oxygen atoms in total. The van der Waals surface area contributed by atoms with E-state index < -0.39 is 0 Å². The maximum absolute atomic E-state index is 5.75. The van der Waals surface area contributed by atoms with Crippen molar-refractivity contribution >= 4 is 22.5 Å². The zero-order valence-corrected chi connectivity index (χ0v) is 11.0. The second-order valence-electron chi connectivity index (χ2n) is 4.46. The number of hydrogen-bond donors (Lipinski definition) is 1. The van der Waals surface area contributed by atoms with Crippen LogP contribution in [-0.2, 0) is 5.75 Å². The number of thioether (sulfide) groups is 1. The molecule has 0 bridgehead atoms. The quantitative estimate of drug-likeness (QED) is 0.811. The Morgan fingerprint density at radius 1 is 1.12 bits per heavy atom. The van der Waals surface area contributed by atoms with Crippen LogP contribution in [0.15, 0.2) is 42.5 Å². The highest BCUT2D eigenvalue weighted by molar-refractivity contribution is 7.98. The number of fused-ring (bicyclic) bond motifs is 1. The number of nitrogens with two attached hydrogens (primary N) is 1. The lowest BCUT2D eigenvalue weighted by atomic mass is 10.1. The van der Waals surface area contributed by atoms with Crippen molar-refractivity contribution in [2.75, 3.05) is 5.75 Å². The van der Waals surface area contributed by atoms with Gasteiger partial charge in [-0.1, -0.05) is 42.5 Å². The average Bonchev–Trinajstić information content (AvgIpc) is 2.34. The zero-order valence-electron chi connectivity index (χ0n) is 10.2. The number of hydrogen-bond acceptors (Lipinski definition) is 2. The first-order valence-electron chi connectivity index (χ1n) is 6.07.